The number of hydrogen-bond donors (Lipinski definition) is 2. The average Bonchev–Trinajstić information content (AvgIpc) is 2.84. The largest absolute Gasteiger partial charge is 0.384 e. The first-order valence-corrected chi connectivity index (χ1v) is 7.63. The van der Waals surface area contributed by atoms with E-state index >= 15 is 0 Å². The summed E-state index contributed by atoms with van der Waals surface area (Å²) < 4.78 is 5.33. The van der Waals surface area contributed by atoms with Gasteiger partial charge in [-0.05, 0) is 37.4 Å². The molecular formula is C13H20Cl2N2O2S. The molecule has 4 nitrogen and oxygen atoms in total. The Kier molecular flexibility index (Phi) is 7.26. The van der Waals surface area contributed by atoms with Crippen LogP contribution in [0.5, 0.6) is 0 Å². The van der Waals surface area contributed by atoms with Gasteiger partial charge in [0, 0.05) is 19.1 Å². The van der Waals surface area contributed by atoms with E-state index in [1.807, 2.05) is 5.38 Å². The minimum atomic E-state index is -0.0889. The summed E-state index contributed by atoms with van der Waals surface area (Å²) in [5.41, 5.74) is 0.0411. The topological polar surface area (TPSA) is 50.4 Å². The van der Waals surface area contributed by atoms with Crippen molar-refractivity contribution in [2.45, 2.75) is 12.8 Å². The quantitative estimate of drug-likeness (QED) is 0.867. The lowest BCUT2D eigenvalue weighted by Gasteiger charge is -2.37. The number of amides is 1. The van der Waals surface area contributed by atoms with Crippen molar-refractivity contribution >= 4 is 41.3 Å². The fourth-order valence-electron chi connectivity index (χ4n) is 2.44. The van der Waals surface area contributed by atoms with Gasteiger partial charge < -0.3 is 15.4 Å². The molecule has 1 saturated heterocycles. The minimum absolute atomic E-state index is 0. The van der Waals surface area contributed by atoms with Crippen molar-refractivity contribution in [3.8, 4) is 0 Å². The van der Waals surface area contributed by atoms with Crippen LogP contribution in [0.25, 0.3) is 0 Å². The molecule has 2 N–H and O–H groups in total. The Labute approximate surface area is 134 Å². The normalized spacial score (nSPS) is 17.3. The lowest BCUT2D eigenvalue weighted by molar-refractivity contribution is 0.0512. The third-order valence-electron chi connectivity index (χ3n) is 3.56. The highest BCUT2D eigenvalue weighted by atomic mass is 35.5. The summed E-state index contributed by atoms with van der Waals surface area (Å²) in [7, 11) is 1.71. The summed E-state index contributed by atoms with van der Waals surface area (Å²) in [4.78, 5) is 12.7. The predicted octanol–water partition coefficient (Wildman–Crippen LogP) is 2.57. The van der Waals surface area contributed by atoms with Crippen molar-refractivity contribution in [1.82, 2.24) is 10.6 Å². The summed E-state index contributed by atoms with van der Waals surface area (Å²) in [6, 6.07) is 1.75. The number of rotatable bonds is 5. The maximum absolute atomic E-state index is 12.1. The summed E-state index contributed by atoms with van der Waals surface area (Å²) in [6.45, 7) is 3.25. The predicted molar refractivity (Wildman–Crippen MR) is 85.3 cm³/mol. The molecule has 1 fully saturated rings. The third kappa shape index (κ3) is 4.33. The molecule has 0 spiro atoms. The molecule has 0 aromatic carbocycles. The Balaban J connectivity index is 0.00000200. The molecule has 0 bridgehead atoms. The van der Waals surface area contributed by atoms with Crippen LogP contribution in [-0.4, -0.2) is 39.3 Å². The van der Waals surface area contributed by atoms with Gasteiger partial charge in [-0.3, -0.25) is 4.79 Å². The first-order chi connectivity index (χ1) is 9.17. The number of piperidine rings is 1. The van der Waals surface area contributed by atoms with E-state index in [4.69, 9.17) is 16.3 Å². The highest BCUT2D eigenvalue weighted by molar-refractivity contribution is 7.12. The van der Waals surface area contributed by atoms with Gasteiger partial charge in [0.25, 0.3) is 5.91 Å². The van der Waals surface area contributed by atoms with Gasteiger partial charge in [-0.15, -0.1) is 23.7 Å². The van der Waals surface area contributed by atoms with E-state index in [0.717, 1.165) is 25.9 Å². The Morgan fingerprint density at radius 1 is 1.55 bits per heavy atom. The molecule has 1 aliphatic heterocycles. The lowest BCUT2D eigenvalue weighted by Crippen LogP contribution is -2.47. The van der Waals surface area contributed by atoms with E-state index in [1.54, 1.807) is 13.2 Å². The number of halogens is 2. The van der Waals surface area contributed by atoms with Gasteiger partial charge in [0.2, 0.25) is 0 Å². The van der Waals surface area contributed by atoms with Crippen LogP contribution in [-0.2, 0) is 4.74 Å². The van der Waals surface area contributed by atoms with Crippen LogP contribution in [0, 0.1) is 5.41 Å². The van der Waals surface area contributed by atoms with Gasteiger partial charge in [0.05, 0.1) is 11.6 Å². The van der Waals surface area contributed by atoms with Gasteiger partial charge in [-0.25, -0.2) is 0 Å². The van der Waals surface area contributed by atoms with Crippen LogP contribution < -0.4 is 10.6 Å². The molecule has 1 aliphatic rings. The highest BCUT2D eigenvalue weighted by Crippen LogP contribution is 2.29. The number of hydrogen-bond acceptors (Lipinski definition) is 4. The van der Waals surface area contributed by atoms with Gasteiger partial charge in [0.15, 0.2) is 0 Å². The molecule has 1 amide bonds. The van der Waals surface area contributed by atoms with E-state index in [2.05, 4.69) is 10.6 Å². The molecule has 0 aliphatic carbocycles. The zero-order chi connectivity index (χ0) is 13.7. The van der Waals surface area contributed by atoms with Crippen molar-refractivity contribution in [3.05, 3.63) is 21.3 Å². The van der Waals surface area contributed by atoms with Gasteiger partial charge in [-0.2, -0.15) is 0 Å². The average molecular weight is 339 g/mol. The Hall–Kier alpha value is -0.330. The van der Waals surface area contributed by atoms with Gasteiger partial charge in [-0.1, -0.05) is 11.6 Å². The second-order valence-corrected chi connectivity index (χ2v) is 6.29. The summed E-state index contributed by atoms with van der Waals surface area (Å²) in [6.07, 6.45) is 2.03. The number of carbonyl (C=O) groups excluding carboxylic acids is 1. The van der Waals surface area contributed by atoms with Crippen molar-refractivity contribution < 1.29 is 9.53 Å². The van der Waals surface area contributed by atoms with Crippen LogP contribution in [0.3, 0.4) is 0 Å². The van der Waals surface area contributed by atoms with Crippen molar-refractivity contribution in [2.75, 3.05) is 33.4 Å². The zero-order valence-corrected chi connectivity index (χ0v) is 13.8. The molecule has 2 rings (SSSR count). The molecule has 0 unspecified atom stereocenters. The lowest BCUT2D eigenvalue weighted by atomic mass is 9.79. The molecule has 20 heavy (non-hydrogen) atoms. The SMILES string of the molecule is COCC1(CNC(=O)c2sccc2Cl)CCNCC1.Cl. The van der Waals surface area contributed by atoms with Gasteiger partial charge >= 0.3 is 0 Å². The Morgan fingerprint density at radius 3 is 2.80 bits per heavy atom. The van der Waals surface area contributed by atoms with E-state index < -0.39 is 0 Å². The Morgan fingerprint density at radius 2 is 2.25 bits per heavy atom. The first kappa shape index (κ1) is 17.7. The number of ether oxygens (including phenoxy) is 1. The molecule has 1 aromatic heterocycles. The maximum atomic E-state index is 12.1. The second-order valence-electron chi connectivity index (χ2n) is 4.96. The Bertz CT molecular complexity index is 428. The van der Waals surface area contributed by atoms with E-state index in [1.165, 1.54) is 11.3 Å². The van der Waals surface area contributed by atoms with Crippen LogP contribution in [0.1, 0.15) is 22.5 Å². The van der Waals surface area contributed by atoms with Crippen LogP contribution in [0.4, 0.5) is 0 Å². The summed E-state index contributed by atoms with van der Waals surface area (Å²) in [5.74, 6) is -0.0889. The fourth-order valence-corrected chi connectivity index (χ4v) is 3.50. The molecule has 114 valence electrons. The molecule has 2 heterocycles. The number of carbonyl (C=O) groups is 1. The van der Waals surface area contributed by atoms with Gasteiger partial charge in [0.1, 0.15) is 4.88 Å². The fraction of sp³-hybridized carbons (Fsp3) is 0.615. The van der Waals surface area contributed by atoms with E-state index in [-0.39, 0.29) is 23.7 Å². The molecule has 0 saturated carbocycles. The van der Waals surface area contributed by atoms with E-state index in [9.17, 15) is 4.79 Å². The standard InChI is InChI=1S/C13H19ClN2O2S.ClH/c1-18-9-13(3-5-15-6-4-13)8-16-12(17)11-10(14)2-7-19-11;/h2,7,15H,3-6,8-9H2,1H3,(H,16,17);1H. The molecule has 7 heteroatoms. The number of methoxy groups -OCH3 is 1. The zero-order valence-electron chi connectivity index (χ0n) is 11.4. The van der Waals surface area contributed by atoms with Crippen molar-refractivity contribution in [1.29, 1.82) is 0 Å². The minimum Gasteiger partial charge on any atom is -0.384 e. The first-order valence-electron chi connectivity index (χ1n) is 6.38. The summed E-state index contributed by atoms with van der Waals surface area (Å²) >= 11 is 7.34. The van der Waals surface area contributed by atoms with E-state index in [0.29, 0.717) is 23.1 Å². The monoisotopic (exact) mass is 338 g/mol. The molecule has 1 aromatic rings. The second kappa shape index (κ2) is 8.20. The molecule has 0 atom stereocenters. The smallest absolute Gasteiger partial charge is 0.262 e. The number of thiophene rings is 1. The van der Waals surface area contributed by atoms with Crippen LogP contribution in [0.2, 0.25) is 5.02 Å². The number of nitrogens with one attached hydrogen (secondary N) is 2. The third-order valence-corrected chi connectivity index (χ3v) is 4.90. The molecular weight excluding hydrogens is 319 g/mol. The van der Waals surface area contributed by atoms with Crippen molar-refractivity contribution in [2.24, 2.45) is 5.41 Å². The maximum Gasteiger partial charge on any atom is 0.262 e. The highest BCUT2D eigenvalue weighted by Gasteiger charge is 2.32. The summed E-state index contributed by atoms with van der Waals surface area (Å²) in [5, 5.41) is 8.68. The van der Waals surface area contributed by atoms with Crippen LogP contribution in [0.15, 0.2) is 11.4 Å². The molecule has 0 radical (unpaired) electrons. The van der Waals surface area contributed by atoms with Crippen LogP contribution >= 0.6 is 35.3 Å². The van der Waals surface area contributed by atoms with Crippen molar-refractivity contribution in [3.63, 3.8) is 0 Å².